The number of benzene rings is 2. The van der Waals surface area contributed by atoms with Crippen LogP contribution in [0.3, 0.4) is 0 Å². The van der Waals surface area contributed by atoms with Crippen LogP contribution in [0.15, 0.2) is 46.9 Å². The SMILES string of the molecule is Cc1c(Cl)cccc1NCc1nnc(-c2cccc(Cl)c2)o1. The van der Waals surface area contributed by atoms with E-state index in [0.29, 0.717) is 23.3 Å². The van der Waals surface area contributed by atoms with E-state index in [0.717, 1.165) is 21.8 Å². The molecule has 1 aromatic heterocycles. The maximum Gasteiger partial charge on any atom is 0.247 e. The van der Waals surface area contributed by atoms with E-state index in [4.69, 9.17) is 27.6 Å². The molecule has 112 valence electrons. The van der Waals surface area contributed by atoms with Gasteiger partial charge in [-0.25, -0.2) is 0 Å². The van der Waals surface area contributed by atoms with Crippen molar-refractivity contribution in [3.8, 4) is 11.5 Å². The van der Waals surface area contributed by atoms with Crippen LogP contribution in [0, 0.1) is 6.92 Å². The minimum absolute atomic E-state index is 0.425. The highest BCUT2D eigenvalue weighted by Crippen LogP contribution is 2.24. The van der Waals surface area contributed by atoms with Gasteiger partial charge < -0.3 is 9.73 Å². The molecule has 0 spiro atoms. The number of rotatable bonds is 4. The fourth-order valence-corrected chi connectivity index (χ4v) is 2.40. The molecule has 1 N–H and O–H groups in total. The molecule has 1 heterocycles. The van der Waals surface area contributed by atoms with Crippen LogP contribution in [0.1, 0.15) is 11.5 Å². The van der Waals surface area contributed by atoms with Crippen molar-refractivity contribution >= 4 is 28.9 Å². The minimum Gasteiger partial charge on any atom is -0.419 e. The van der Waals surface area contributed by atoms with E-state index in [9.17, 15) is 0 Å². The predicted molar refractivity (Wildman–Crippen MR) is 88.3 cm³/mol. The molecular formula is C16H13Cl2N3O. The Bertz CT molecular complexity index is 802. The van der Waals surface area contributed by atoms with Gasteiger partial charge in [0.05, 0.1) is 6.54 Å². The van der Waals surface area contributed by atoms with Crippen LogP contribution >= 0.6 is 23.2 Å². The minimum atomic E-state index is 0.425. The molecule has 6 heteroatoms. The van der Waals surface area contributed by atoms with E-state index in [1.807, 2.05) is 37.3 Å². The Balaban J connectivity index is 1.73. The molecule has 0 unspecified atom stereocenters. The Morgan fingerprint density at radius 2 is 1.91 bits per heavy atom. The van der Waals surface area contributed by atoms with E-state index in [2.05, 4.69) is 15.5 Å². The Labute approximate surface area is 138 Å². The monoisotopic (exact) mass is 333 g/mol. The van der Waals surface area contributed by atoms with Crippen LogP contribution < -0.4 is 5.32 Å². The molecule has 0 saturated heterocycles. The van der Waals surface area contributed by atoms with Gasteiger partial charge in [0.2, 0.25) is 11.8 Å². The average Bonchev–Trinajstić information content (AvgIpc) is 2.98. The standard InChI is InChI=1S/C16H13Cl2N3O/c1-10-13(18)6-3-7-14(10)19-9-15-20-21-16(22-15)11-4-2-5-12(17)8-11/h2-8,19H,9H2,1H3. The molecule has 0 atom stereocenters. The lowest BCUT2D eigenvalue weighted by atomic mass is 10.2. The van der Waals surface area contributed by atoms with Crippen molar-refractivity contribution in [2.24, 2.45) is 0 Å². The molecule has 3 rings (SSSR count). The molecule has 0 fully saturated rings. The van der Waals surface area contributed by atoms with Crippen LogP contribution in [-0.4, -0.2) is 10.2 Å². The molecule has 0 bridgehead atoms. The van der Waals surface area contributed by atoms with E-state index in [1.165, 1.54) is 0 Å². The number of hydrogen-bond acceptors (Lipinski definition) is 4. The quantitative estimate of drug-likeness (QED) is 0.732. The fourth-order valence-electron chi connectivity index (χ4n) is 2.03. The normalized spacial score (nSPS) is 10.7. The summed E-state index contributed by atoms with van der Waals surface area (Å²) in [5.74, 6) is 0.941. The molecule has 2 aromatic carbocycles. The molecule has 0 aliphatic heterocycles. The second-order valence-electron chi connectivity index (χ2n) is 4.78. The van der Waals surface area contributed by atoms with Crippen molar-refractivity contribution in [1.29, 1.82) is 0 Å². The summed E-state index contributed by atoms with van der Waals surface area (Å²) in [6.45, 7) is 2.38. The zero-order valence-corrected chi connectivity index (χ0v) is 13.3. The lowest BCUT2D eigenvalue weighted by molar-refractivity contribution is 0.515. The Morgan fingerprint density at radius 3 is 2.73 bits per heavy atom. The van der Waals surface area contributed by atoms with Crippen molar-refractivity contribution in [1.82, 2.24) is 10.2 Å². The van der Waals surface area contributed by atoms with Gasteiger partial charge >= 0.3 is 0 Å². The number of aromatic nitrogens is 2. The molecule has 0 amide bonds. The summed E-state index contributed by atoms with van der Waals surface area (Å²) in [7, 11) is 0. The van der Waals surface area contributed by atoms with Gasteiger partial charge in [-0.3, -0.25) is 0 Å². The highest BCUT2D eigenvalue weighted by atomic mass is 35.5. The van der Waals surface area contributed by atoms with Gasteiger partial charge in [0.1, 0.15) is 0 Å². The van der Waals surface area contributed by atoms with Crippen molar-refractivity contribution in [2.45, 2.75) is 13.5 Å². The Morgan fingerprint density at radius 1 is 1.09 bits per heavy atom. The number of nitrogens with one attached hydrogen (secondary N) is 1. The highest BCUT2D eigenvalue weighted by Gasteiger charge is 2.09. The van der Waals surface area contributed by atoms with E-state index < -0.39 is 0 Å². The molecule has 22 heavy (non-hydrogen) atoms. The number of halogens is 2. The van der Waals surface area contributed by atoms with Crippen LogP contribution in [0.5, 0.6) is 0 Å². The van der Waals surface area contributed by atoms with Gasteiger partial charge in [-0.2, -0.15) is 0 Å². The van der Waals surface area contributed by atoms with E-state index in [1.54, 1.807) is 12.1 Å². The van der Waals surface area contributed by atoms with Gasteiger partial charge in [0.25, 0.3) is 0 Å². The summed E-state index contributed by atoms with van der Waals surface area (Å²) in [4.78, 5) is 0. The Hall–Kier alpha value is -2.04. The zero-order valence-electron chi connectivity index (χ0n) is 11.8. The van der Waals surface area contributed by atoms with Gasteiger partial charge in [-0.05, 0) is 42.8 Å². The number of anilines is 1. The highest BCUT2D eigenvalue weighted by molar-refractivity contribution is 6.31. The van der Waals surface area contributed by atoms with E-state index >= 15 is 0 Å². The van der Waals surface area contributed by atoms with Gasteiger partial charge in [-0.1, -0.05) is 35.3 Å². The molecule has 0 saturated carbocycles. The predicted octanol–water partition coefficient (Wildman–Crippen LogP) is 4.96. The molecular weight excluding hydrogens is 321 g/mol. The topological polar surface area (TPSA) is 51.0 Å². The third-order valence-corrected chi connectivity index (χ3v) is 3.88. The van der Waals surface area contributed by atoms with Crippen molar-refractivity contribution in [2.75, 3.05) is 5.32 Å². The summed E-state index contributed by atoms with van der Waals surface area (Å²) in [6, 6.07) is 13.0. The summed E-state index contributed by atoms with van der Waals surface area (Å²) in [5.41, 5.74) is 2.72. The Kier molecular flexibility index (Phi) is 4.32. The van der Waals surface area contributed by atoms with Crippen molar-refractivity contribution < 1.29 is 4.42 Å². The van der Waals surface area contributed by atoms with Crippen molar-refractivity contribution in [3.05, 3.63) is 64.0 Å². The first-order valence-corrected chi connectivity index (χ1v) is 7.46. The largest absolute Gasteiger partial charge is 0.419 e. The first-order valence-electron chi connectivity index (χ1n) is 6.71. The molecule has 0 aliphatic carbocycles. The first-order chi connectivity index (χ1) is 10.6. The van der Waals surface area contributed by atoms with Crippen molar-refractivity contribution in [3.63, 3.8) is 0 Å². The van der Waals surface area contributed by atoms with Gasteiger partial charge in [0, 0.05) is 21.3 Å². The summed E-state index contributed by atoms with van der Waals surface area (Å²) in [5, 5.41) is 12.7. The third-order valence-electron chi connectivity index (χ3n) is 3.24. The average molecular weight is 334 g/mol. The number of hydrogen-bond donors (Lipinski definition) is 1. The maximum atomic E-state index is 6.09. The first kappa shape index (κ1) is 14.9. The van der Waals surface area contributed by atoms with Crippen LogP contribution in [0.2, 0.25) is 10.0 Å². The number of nitrogens with zero attached hydrogens (tertiary/aromatic N) is 2. The summed E-state index contributed by atoms with van der Waals surface area (Å²) < 4.78 is 5.64. The second-order valence-corrected chi connectivity index (χ2v) is 5.62. The third kappa shape index (κ3) is 3.24. The molecule has 3 aromatic rings. The molecule has 0 aliphatic rings. The second kappa shape index (κ2) is 6.38. The lowest BCUT2D eigenvalue weighted by Crippen LogP contribution is -2.01. The van der Waals surface area contributed by atoms with Crippen LogP contribution in [-0.2, 0) is 6.54 Å². The lowest BCUT2D eigenvalue weighted by Gasteiger charge is -2.08. The van der Waals surface area contributed by atoms with Gasteiger partial charge in [-0.15, -0.1) is 10.2 Å². The summed E-state index contributed by atoms with van der Waals surface area (Å²) in [6.07, 6.45) is 0. The molecule has 4 nitrogen and oxygen atoms in total. The molecule has 0 radical (unpaired) electrons. The summed E-state index contributed by atoms with van der Waals surface area (Å²) >= 11 is 12.1. The van der Waals surface area contributed by atoms with Gasteiger partial charge in [0.15, 0.2) is 0 Å². The maximum absolute atomic E-state index is 6.09. The van der Waals surface area contributed by atoms with Crippen LogP contribution in [0.4, 0.5) is 5.69 Å². The fraction of sp³-hybridized carbons (Fsp3) is 0.125. The van der Waals surface area contributed by atoms with Crippen LogP contribution in [0.25, 0.3) is 11.5 Å². The smallest absolute Gasteiger partial charge is 0.247 e. The zero-order chi connectivity index (χ0) is 15.5. The van der Waals surface area contributed by atoms with E-state index in [-0.39, 0.29) is 0 Å².